The molecular formula is C8H8ClF2NO2. The van der Waals surface area contributed by atoms with Crippen LogP contribution in [0.1, 0.15) is 12.0 Å². The van der Waals surface area contributed by atoms with Gasteiger partial charge in [0.1, 0.15) is 5.02 Å². The Morgan fingerprint density at radius 3 is 2.43 bits per heavy atom. The van der Waals surface area contributed by atoms with Gasteiger partial charge in [-0.05, 0) is 0 Å². The Labute approximate surface area is 84.6 Å². The van der Waals surface area contributed by atoms with E-state index in [2.05, 4.69) is 4.98 Å². The molecular weight excluding hydrogens is 216 g/mol. The van der Waals surface area contributed by atoms with Crippen LogP contribution in [0.4, 0.5) is 8.78 Å². The summed E-state index contributed by atoms with van der Waals surface area (Å²) in [7, 11) is 2.62. The average molecular weight is 224 g/mol. The summed E-state index contributed by atoms with van der Waals surface area (Å²) in [6, 6.07) is 1.08. The summed E-state index contributed by atoms with van der Waals surface area (Å²) in [6.07, 6.45) is -2.69. The maximum atomic E-state index is 12.4. The second-order valence-corrected chi connectivity index (χ2v) is 2.76. The fraction of sp³-hybridized carbons (Fsp3) is 0.375. The standard InChI is InChI=1S/C8H8ClF2NO2/c1-13-5-3-4(7(10)11)6(9)8(12-5)14-2/h3,7H,1-2H3. The summed E-state index contributed by atoms with van der Waals surface area (Å²) in [5, 5.41) is -0.191. The lowest BCUT2D eigenvalue weighted by molar-refractivity contribution is 0.150. The Morgan fingerprint density at radius 2 is 2.00 bits per heavy atom. The number of ether oxygens (including phenoxy) is 2. The largest absolute Gasteiger partial charge is 0.481 e. The molecule has 0 spiro atoms. The lowest BCUT2D eigenvalue weighted by atomic mass is 10.2. The van der Waals surface area contributed by atoms with E-state index < -0.39 is 6.43 Å². The minimum absolute atomic E-state index is 0.0431. The molecule has 1 aromatic rings. The Bertz CT molecular complexity index is 333. The van der Waals surface area contributed by atoms with Crippen molar-refractivity contribution in [2.45, 2.75) is 6.43 Å². The van der Waals surface area contributed by atoms with Crippen molar-refractivity contribution in [3.8, 4) is 11.8 Å². The van der Waals surface area contributed by atoms with Gasteiger partial charge in [0, 0.05) is 11.6 Å². The summed E-state index contributed by atoms with van der Waals surface area (Å²) < 4.78 is 34.3. The average Bonchev–Trinajstić information content (AvgIpc) is 2.17. The number of pyridine rings is 1. The molecule has 0 aliphatic heterocycles. The number of nitrogens with zero attached hydrogens (tertiary/aromatic N) is 1. The van der Waals surface area contributed by atoms with Crippen molar-refractivity contribution in [2.24, 2.45) is 0 Å². The highest BCUT2D eigenvalue weighted by Crippen LogP contribution is 2.35. The van der Waals surface area contributed by atoms with E-state index in [1.165, 1.54) is 14.2 Å². The highest BCUT2D eigenvalue weighted by molar-refractivity contribution is 6.32. The monoisotopic (exact) mass is 223 g/mol. The van der Waals surface area contributed by atoms with E-state index in [0.29, 0.717) is 0 Å². The van der Waals surface area contributed by atoms with Crippen LogP contribution < -0.4 is 9.47 Å². The van der Waals surface area contributed by atoms with E-state index in [4.69, 9.17) is 21.1 Å². The highest BCUT2D eigenvalue weighted by Gasteiger charge is 2.18. The molecule has 0 fully saturated rings. The molecule has 0 aliphatic carbocycles. The van der Waals surface area contributed by atoms with E-state index in [0.717, 1.165) is 6.07 Å². The maximum Gasteiger partial charge on any atom is 0.265 e. The topological polar surface area (TPSA) is 31.4 Å². The van der Waals surface area contributed by atoms with Crippen molar-refractivity contribution in [2.75, 3.05) is 14.2 Å². The summed E-state index contributed by atoms with van der Waals surface area (Å²) in [6.45, 7) is 0. The molecule has 0 saturated carbocycles. The molecule has 1 heterocycles. The molecule has 0 aromatic carbocycles. The van der Waals surface area contributed by atoms with Crippen LogP contribution in [0, 0.1) is 0 Å². The molecule has 0 unspecified atom stereocenters. The van der Waals surface area contributed by atoms with E-state index in [9.17, 15) is 8.78 Å². The molecule has 0 radical (unpaired) electrons. The van der Waals surface area contributed by atoms with Crippen LogP contribution in [0.2, 0.25) is 5.02 Å². The lowest BCUT2D eigenvalue weighted by Gasteiger charge is -2.09. The van der Waals surface area contributed by atoms with Gasteiger partial charge in [0.05, 0.1) is 14.2 Å². The maximum absolute atomic E-state index is 12.4. The highest BCUT2D eigenvalue weighted by atomic mass is 35.5. The first-order valence-corrected chi connectivity index (χ1v) is 4.04. The van der Waals surface area contributed by atoms with Crippen LogP contribution in [-0.4, -0.2) is 19.2 Å². The Morgan fingerprint density at radius 1 is 1.36 bits per heavy atom. The van der Waals surface area contributed by atoms with Crippen LogP contribution in [0.25, 0.3) is 0 Å². The van der Waals surface area contributed by atoms with Crippen molar-refractivity contribution in [3.63, 3.8) is 0 Å². The SMILES string of the molecule is COc1cc(C(F)F)c(Cl)c(OC)n1. The van der Waals surface area contributed by atoms with Crippen molar-refractivity contribution < 1.29 is 18.3 Å². The molecule has 0 aliphatic rings. The number of hydrogen-bond acceptors (Lipinski definition) is 3. The molecule has 0 atom stereocenters. The van der Waals surface area contributed by atoms with Gasteiger partial charge in [0.15, 0.2) is 0 Å². The first-order valence-electron chi connectivity index (χ1n) is 3.66. The van der Waals surface area contributed by atoms with E-state index >= 15 is 0 Å². The number of rotatable bonds is 3. The molecule has 0 bridgehead atoms. The predicted octanol–water partition coefficient (Wildman–Crippen LogP) is 2.69. The van der Waals surface area contributed by atoms with Crippen molar-refractivity contribution in [1.29, 1.82) is 0 Å². The van der Waals surface area contributed by atoms with Gasteiger partial charge in [-0.15, -0.1) is 0 Å². The third-order valence-electron chi connectivity index (χ3n) is 1.57. The zero-order valence-corrected chi connectivity index (χ0v) is 8.31. The second kappa shape index (κ2) is 4.41. The smallest absolute Gasteiger partial charge is 0.265 e. The van der Waals surface area contributed by atoms with Crippen molar-refractivity contribution in [1.82, 2.24) is 4.98 Å². The van der Waals surface area contributed by atoms with Gasteiger partial charge in [-0.25, -0.2) is 8.78 Å². The zero-order valence-electron chi connectivity index (χ0n) is 7.55. The Kier molecular flexibility index (Phi) is 3.46. The third kappa shape index (κ3) is 2.04. The third-order valence-corrected chi connectivity index (χ3v) is 1.95. The Hall–Kier alpha value is -1.10. The fourth-order valence-corrected chi connectivity index (χ4v) is 1.16. The molecule has 1 rings (SSSR count). The predicted molar refractivity (Wildman–Crippen MR) is 47.3 cm³/mol. The van der Waals surface area contributed by atoms with Gasteiger partial charge in [-0.3, -0.25) is 0 Å². The number of methoxy groups -OCH3 is 2. The van der Waals surface area contributed by atoms with Crippen LogP contribution in [-0.2, 0) is 0 Å². The lowest BCUT2D eigenvalue weighted by Crippen LogP contribution is -1.97. The molecule has 6 heteroatoms. The first kappa shape index (κ1) is 11.0. The van der Waals surface area contributed by atoms with Gasteiger partial charge >= 0.3 is 0 Å². The fourth-order valence-electron chi connectivity index (χ4n) is 0.900. The van der Waals surface area contributed by atoms with E-state index in [-0.39, 0.29) is 22.3 Å². The number of hydrogen-bond donors (Lipinski definition) is 0. The van der Waals surface area contributed by atoms with Crippen LogP contribution >= 0.6 is 11.6 Å². The molecule has 0 amide bonds. The van der Waals surface area contributed by atoms with Gasteiger partial charge in [0.2, 0.25) is 11.8 Å². The van der Waals surface area contributed by atoms with Crippen LogP contribution in [0.15, 0.2) is 6.07 Å². The summed E-state index contributed by atoms with van der Waals surface area (Å²) in [4.78, 5) is 3.74. The minimum atomic E-state index is -2.69. The van der Waals surface area contributed by atoms with E-state index in [1.54, 1.807) is 0 Å². The molecule has 14 heavy (non-hydrogen) atoms. The second-order valence-electron chi connectivity index (χ2n) is 2.38. The summed E-state index contributed by atoms with van der Waals surface area (Å²) in [5.74, 6) is -0.0251. The molecule has 3 nitrogen and oxygen atoms in total. The van der Waals surface area contributed by atoms with Gasteiger partial charge in [0.25, 0.3) is 6.43 Å². The number of alkyl halides is 2. The zero-order chi connectivity index (χ0) is 10.7. The van der Waals surface area contributed by atoms with Gasteiger partial charge in [-0.2, -0.15) is 4.98 Å². The quantitative estimate of drug-likeness (QED) is 0.790. The summed E-state index contributed by atoms with van der Waals surface area (Å²) in [5.41, 5.74) is -0.352. The van der Waals surface area contributed by atoms with Crippen LogP contribution in [0.5, 0.6) is 11.8 Å². The summed E-state index contributed by atoms with van der Waals surface area (Å²) >= 11 is 5.61. The molecule has 0 N–H and O–H groups in total. The number of aromatic nitrogens is 1. The van der Waals surface area contributed by atoms with Crippen molar-refractivity contribution >= 4 is 11.6 Å². The Balaban J connectivity index is 3.27. The minimum Gasteiger partial charge on any atom is -0.481 e. The van der Waals surface area contributed by atoms with Crippen LogP contribution in [0.3, 0.4) is 0 Å². The van der Waals surface area contributed by atoms with Gasteiger partial charge in [-0.1, -0.05) is 11.6 Å². The molecule has 1 aromatic heterocycles. The molecule has 0 saturated heterocycles. The first-order chi connectivity index (χ1) is 6.60. The van der Waals surface area contributed by atoms with Gasteiger partial charge < -0.3 is 9.47 Å². The normalized spacial score (nSPS) is 10.4. The van der Waals surface area contributed by atoms with Crippen molar-refractivity contribution in [3.05, 3.63) is 16.7 Å². The van der Waals surface area contributed by atoms with E-state index in [1.807, 2.05) is 0 Å². The number of halogens is 3. The molecule has 78 valence electrons.